The van der Waals surface area contributed by atoms with Gasteiger partial charge in [0, 0.05) is 37.5 Å². The minimum atomic E-state index is -5.14. The molecule has 0 spiro atoms. The third-order valence-electron chi connectivity index (χ3n) is 5.86. The summed E-state index contributed by atoms with van der Waals surface area (Å²) in [6.45, 7) is 0.992. The zero-order chi connectivity index (χ0) is 25.3. The van der Waals surface area contributed by atoms with E-state index in [2.05, 4.69) is 15.4 Å². The molecule has 2 aliphatic carbocycles. The number of nitrogens with one attached hydrogen (secondary N) is 2. The molecule has 0 saturated heterocycles. The number of pyridine rings is 1. The van der Waals surface area contributed by atoms with Crippen molar-refractivity contribution >= 4 is 21.3 Å². The van der Waals surface area contributed by atoms with Gasteiger partial charge in [0.2, 0.25) is 5.92 Å². The number of nitrogens with zero attached hydrogens (tertiary/aromatic N) is 3. The second-order valence-corrected chi connectivity index (χ2v) is 11.5. The third kappa shape index (κ3) is 4.64. The minimum absolute atomic E-state index is 0.0953. The molecule has 0 aliphatic heterocycles. The highest BCUT2D eigenvalue weighted by molar-refractivity contribution is 7.91. The van der Waals surface area contributed by atoms with E-state index >= 15 is 0 Å². The molecule has 2 N–H and O–H groups in total. The first-order chi connectivity index (χ1) is 15.4. The van der Waals surface area contributed by atoms with Gasteiger partial charge in [-0.05, 0) is 30.4 Å². The first-order valence-corrected chi connectivity index (χ1v) is 12.2. The Morgan fingerprint density at radius 2 is 1.88 bits per heavy atom. The molecule has 2 aromatic heterocycles. The monoisotopic (exact) mass is 509 g/mol. The summed E-state index contributed by atoms with van der Waals surface area (Å²) in [5.41, 5.74) is -7.06. The van der Waals surface area contributed by atoms with Crippen LogP contribution in [-0.2, 0) is 28.1 Å². The van der Waals surface area contributed by atoms with E-state index in [1.165, 1.54) is 13.0 Å². The van der Waals surface area contributed by atoms with Crippen LogP contribution in [0.25, 0.3) is 0 Å². The van der Waals surface area contributed by atoms with Crippen LogP contribution < -0.4 is 5.32 Å². The predicted molar refractivity (Wildman–Crippen MR) is 109 cm³/mol. The van der Waals surface area contributed by atoms with E-state index in [9.17, 15) is 35.3 Å². The maximum atomic E-state index is 14.9. The highest BCUT2D eigenvalue weighted by Crippen LogP contribution is 2.55. The Bertz CT molecular complexity index is 1260. The normalized spacial score (nSPS) is 21.9. The number of alkyl halides is 6. The molecule has 4 rings (SSSR count). The first kappa shape index (κ1) is 24.5. The molecule has 0 bridgehead atoms. The maximum Gasteiger partial charge on any atom is 0.420 e. The van der Waals surface area contributed by atoms with Crippen LogP contribution in [0.3, 0.4) is 0 Å². The Balaban J connectivity index is 1.78. The molecular formula is C20H21F6N5O2S. The van der Waals surface area contributed by atoms with E-state index < -0.39 is 75.2 Å². The van der Waals surface area contributed by atoms with Crippen molar-refractivity contribution in [2.24, 2.45) is 5.41 Å². The number of amides is 1. The van der Waals surface area contributed by atoms with Crippen molar-refractivity contribution in [3.8, 4) is 0 Å². The largest absolute Gasteiger partial charge is 0.420 e. The van der Waals surface area contributed by atoms with Crippen molar-refractivity contribution in [1.82, 2.24) is 14.8 Å². The lowest BCUT2D eigenvalue weighted by atomic mass is 9.67. The molecule has 0 radical (unpaired) electrons. The summed E-state index contributed by atoms with van der Waals surface area (Å²) in [6.07, 6.45) is -4.57. The van der Waals surface area contributed by atoms with Crippen molar-refractivity contribution < 1.29 is 35.3 Å². The second-order valence-electron chi connectivity index (χ2n) is 9.39. The molecule has 2 aromatic rings. The van der Waals surface area contributed by atoms with Crippen LogP contribution in [0.4, 0.5) is 32.0 Å². The van der Waals surface area contributed by atoms with Crippen LogP contribution in [0.5, 0.6) is 0 Å². The van der Waals surface area contributed by atoms with Crippen LogP contribution in [0, 0.1) is 10.2 Å². The van der Waals surface area contributed by atoms with Gasteiger partial charge in [-0.2, -0.15) is 18.3 Å². The second kappa shape index (κ2) is 7.43. The van der Waals surface area contributed by atoms with Gasteiger partial charge < -0.3 is 5.32 Å². The highest BCUT2D eigenvalue weighted by atomic mass is 32.2. The molecule has 7 nitrogen and oxygen atoms in total. The lowest BCUT2D eigenvalue weighted by molar-refractivity contribution is -0.160. The van der Waals surface area contributed by atoms with Crippen molar-refractivity contribution in [2.75, 3.05) is 11.6 Å². The summed E-state index contributed by atoms with van der Waals surface area (Å²) in [7, 11) is -3.28. The summed E-state index contributed by atoms with van der Waals surface area (Å²) >= 11 is 0. The molecule has 2 aliphatic rings. The van der Waals surface area contributed by atoms with E-state index in [0.29, 0.717) is 4.68 Å². The Hall–Kier alpha value is -2.64. The third-order valence-corrected chi connectivity index (χ3v) is 6.88. The van der Waals surface area contributed by atoms with Crippen molar-refractivity contribution in [2.45, 2.75) is 61.9 Å². The maximum absolute atomic E-state index is 14.9. The minimum Gasteiger partial charge on any atom is -0.320 e. The van der Waals surface area contributed by atoms with E-state index in [4.69, 9.17) is 4.78 Å². The molecule has 2 heterocycles. The topological polar surface area (TPSA) is 101 Å². The molecule has 2 saturated carbocycles. The molecule has 186 valence electrons. The van der Waals surface area contributed by atoms with Gasteiger partial charge in [0.15, 0.2) is 5.67 Å². The number of hydrogen-bond acceptors (Lipinski definition) is 5. The van der Waals surface area contributed by atoms with Gasteiger partial charge in [0.1, 0.15) is 22.0 Å². The van der Waals surface area contributed by atoms with Crippen LogP contribution in [-0.4, -0.2) is 37.1 Å². The van der Waals surface area contributed by atoms with Gasteiger partial charge >= 0.3 is 6.18 Å². The van der Waals surface area contributed by atoms with E-state index in [0.717, 1.165) is 18.5 Å². The average molecular weight is 509 g/mol. The lowest BCUT2D eigenvalue weighted by Gasteiger charge is -2.44. The fourth-order valence-electron chi connectivity index (χ4n) is 4.30. The van der Waals surface area contributed by atoms with Crippen LogP contribution in [0.1, 0.15) is 54.4 Å². The van der Waals surface area contributed by atoms with Crippen molar-refractivity contribution in [3.05, 3.63) is 35.3 Å². The standard InChI is InChI=1S/C20H21F6N5O2S/c1-17(8-19(22,23)9-17)10-31-14(13(20(24,25)26)15(30-31)18(21)4-5-18)16(32)29-11-3-6-28-12(7-11)34(2,27)33/h3,6-7,27H,4-5,8-10H2,1-2H3,(H,28,29,32)/t34-/m0/s1. The van der Waals surface area contributed by atoms with Crippen molar-refractivity contribution in [3.63, 3.8) is 0 Å². The number of rotatable bonds is 6. The fourth-order valence-corrected chi connectivity index (χ4v) is 4.91. The lowest BCUT2D eigenvalue weighted by Crippen LogP contribution is -2.47. The average Bonchev–Trinajstić information content (AvgIpc) is 3.26. The van der Waals surface area contributed by atoms with E-state index in [1.807, 2.05) is 0 Å². The van der Waals surface area contributed by atoms with Crippen LogP contribution in [0.15, 0.2) is 23.4 Å². The van der Waals surface area contributed by atoms with Crippen molar-refractivity contribution in [1.29, 1.82) is 4.78 Å². The number of carbonyl (C=O) groups is 1. The molecule has 0 aromatic carbocycles. The molecule has 0 unspecified atom stereocenters. The quantitative estimate of drug-likeness (QED) is 0.537. The fraction of sp³-hybridized carbons (Fsp3) is 0.550. The molecule has 14 heteroatoms. The zero-order valence-electron chi connectivity index (χ0n) is 18.1. The molecular weight excluding hydrogens is 488 g/mol. The van der Waals surface area contributed by atoms with Gasteiger partial charge in [0.25, 0.3) is 5.91 Å². The predicted octanol–water partition coefficient (Wildman–Crippen LogP) is 4.98. The molecule has 1 atom stereocenters. The van der Waals surface area contributed by atoms with E-state index in [1.54, 1.807) is 0 Å². The number of halogens is 6. The summed E-state index contributed by atoms with van der Waals surface area (Å²) in [4.78, 5) is 16.8. The number of carbonyl (C=O) groups excluding carboxylic acids is 1. The summed E-state index contributed by atoms with van der Waals surface area (Å²) in [5.74, 6) is -4.27. The molecule has 1 amide bonds. The Labute approximate surface area is 190 Å². The van der Waals surface area contributed by atoms with Gasteiger partial charge in [-0.3, -0.25) is 9.48 Å². The molecule has 34 heavy (non-hydrogen) atoms. The summed E-state index contributed by atoms with van der Waals surface area (Å²) in [5, 5.41) is 5.79. The number of hydrogen-bond donors (Lipinski definition) is 2. The highest BCUT2D eigenvalue weighted by Gasteiger charge is 2.57. The number of aromatic nitrogens is 3. The van der Waals surface area contributed by atoms with Gasteiger partial charge in [-0.1, -0.05) is 6.92 Å². The van der Waals surface area contributed by atoms with E-state index in [-0.39, 0.29) is 23.6 Å². The number of anilines is 1. The smallest absolute Gasteiger partial charge is 0.320 e. The van der Waals surface area contributed by atoms with Gasteiger partial charge in [0.05, 0.1) is 9.73 Å². The summed E-state index contributed by atoms with van der Waals surface area (Å²) < 4.78 is 104. The Kier molecular flexibility index (Phi) is 5.35. The van der Waals surface area contributed by atoms with Crippen LogP contribution in [0.2, 0.25) is 0 Å². The van der Waals surface area contributed by atoms with Gasteiger partial charge in [-0.25, -0.2) is 27.1 Å². The SMILES string of the molecule is CC1(Cn2nc(C3(F)CC3)c(C(F)(F)F)c2C(=O)Nc2ccnc([S@@](C)(=N)=O)c2)CC(F)(F)C1. The molecule has 2 fully saturated rings. The Morgan fingerprint density at radius 3 is 2.38 bits per heavy atom. The van der Waals surface area contributed by atoms with Crippen LogP contribution >= 0.6 is 0 Å². The Morgan fingerprint density at radius 1 is 1.26 bits per heavy atom. The van der Waals surface area contributed by atoms with Gasteiger partial charge in [-0.15, -0.1) is 0 Å². The first-order valence-electron chi connectivity index (χ1n) is 10.2. The zero-order valence-corrected chi connectivity index (χ0v) is 18.9. The summed E-state index contributed by atoms with van der Waals surface area (Å²) in [6, 6.07) is 2.29.